The van der Waals surface area contributed by atoms with Gasteiger partial charge in [0, 0.05) is 5.69 Å². The maximum Gasteiger partial charge on any atom is 0.338 e. The summed E-state index contributed by atoms with van der Waals surface area (Å²) in [4.78, 5) is 27.1. The van der Waals surface area contributed by atoms with Gasteiger partial charge < -0.3 is 10.5 Å². The van der Waals surface area contributed by atoms with Crippen molar-refractivity contribution < 1.29 is 14.3 Å². The molecular weight excluding hydrogens is 364 g/mol. The van der Waals surface area contributed by atoms with Crippen LogP contribution in [0, 0.1) is 0 Å². The van der Waals surface area contributed by atoms with Gasteiger partial charge in [-0.25, -0.2) is 4.79 Å². The number of carbonyl (C=O) groups excluding carboxylic acids is 2. The predicted octanol–water partition coefficient (Wildman–Crippen LogP) is 4.28. The van der Waals surface area contributed by atoms with Gasteiger partial charge in [-0.1, -0.05) is 42.5 Å². The van der Waals surface area contributed by atoms with E-state index in [1.807, 2.05) is 36.4 Å². The Kier molecular flexibility index (Phi) is 5.29. The second kappa shape index (κ2) is 8.19. The molecule has 1 aliphatic heterocycles. The van der Waals surface area contributed by atoms with E-state index in [2.05, 4.69) is 12.1 Å². The van der Waals surface area contributed by atoms with E-state index in [-0.39, 0.29) is 18.9 Å². The number of hydrogen-bond acceptors (Lipinski definition) is 4. The quantitative estimate of drug-likeness (QED) is 0.537. The molecule has 0 spiro atoms. The first-order valence-corrected chi connectivity index (χ1v) is 9.65. The minimum Gasteiger partial charge on any atom is -0.462 e. The highest BCUT2D eigenvalue weighted by Crippen LogP contribution is 2.36. The number of nitrogens with two attached hydrogens (primary N) is 1. The van der Waals surface area contributed by atoms with Crippen LogP contribution >= 0.6 is 0 Å². The zero-order chi connectivity index (χ0) is 20.2. The number of aryl methyl sites for hydroxylation is 2. The van der Waals surface area contributed by atoms with Gasteiger partial charge in [0.05, 0.1) is 23.4 Å². The molecule has 3 aromatic carbocycles. The van der Waals surface area contributed by atoms with Crippen LogP contribution in [-0.2, 0) is 22.4 Å². The normalized spacial score (nSPS) is 12.5. The average Bonchev–Trinajstić information content (AvgIpc) is 2.90. The highest BCUT2D eigenvalue weighted by molar-refractivity contribution is 6.02. The number of benzene rings is 3. The minimum absolute atomic E-state index is 0.00724. The van der Waals surface area contributed by atoms with Crippen molar-refractivity contribution in [3.8, 4) is 0 Å². The summed E-state index contributed by atoms with van der Waals surface area (Å²) in [5.74, 6) is -0.589. The third-order valence-corrected chi connectivity index (χ3v) is 5.05. The lowest BCUT2D eigenvalue weighted by Gasteiger charge is -2.25. The van der Waals surface area contributed by atoms with Crippen LogP contribution in [0.5, 0.6) is 0 Å². The molecule has 0 bridgehead atoms. The summed E-state index contributed by atoms with van der Waals surface area (Å²) in [6.45, 7) is 0.00724. The summed E-state index contributed by atoms with van der Waals surface area (Å²) in [5, 5.41) is 0. The number of ether oxygens (including phenoxy) is 1. The number of carbonyl (C=O) groups is 2. The van der Waals surface area contributed by atoms with E-state index in [4.69, 9.17) is 10.5 Å². The number of hydrogen-bond donors (Lipinski definition) is 1. The molecule has 0 fully saturated rings. The highest BCUT2D eigenvalue weighted by atomic mass is 16.5. The molecule has 3 aromatic rings. The number of amides is 1. The first-order valence-electron chi connectivity index (χ1n) is 9.65. The molecule has 0 unspecified atom stereocenters. The standard InChI is InChI=1S/C24H22N2O3/c25-20-9-5-8-19(16-20)24(28)29-15-14-23(27)26-21-10-3-1-6-17(21)12-13-18-7-2-4-11-22(18)26/h1-11,16H,12-15,25H2. The fourth-order valence-corrected chi connectivity index (χ4v) is 3.64. The maximum absolute atomic E-state index is 13.2. The van der Waals surface area contributed by atoms with Crippen LogP contribution in [0.15, 0.2) is 72.8 Å². The Morgan fingerprint density at radius 1 is 0.862 bits per heavy atom. The van der Waals surface area contributed by atoms with E-state index in [1.54, 1.807) is 29.2 Å². The minimum atomic E-state index is -0.484. The zero-order valence-corrected chi connectivity index (χ0v) is 16.0. The second-order valence-corrected chi connectivity index (χ2v) is 7.00. The summed E-state index contributed by atoms with van der Waals surface area (Å²) in [5.41, 5.74) is 10.6. The number of rotatable bonds is 4. The van der Waals surface area contributed by atoms with Crippen LogP contribution in [-0.4, -0.2) is 18.5 Å². The summed E-state index contributed by atoms with van der Waals surface area (Å²) in [6, 6.07) is 22.5. The van der Waals surface area contributed by atoms with Gasteiger partial charge in [0.15, 0.2) is 0 Å². The van der Waals surface area contributed by atoms with Crippen molar-refractivity contribution in [1.29, 1.82) is 0 Å². The smallest absolute Gasteiger partial charge is 0.338 e. The molecule has 1 aliphatic rings. The number of para-hydroxylation sites is 2. The molecule has 5 nitrogen and oxygen atoms in total. The topological polar surface area (TPSA) is 72.6 Å². The van der Waals surface area contributed by atoms with Crippen molar-refractivity contribution in [1.82, 2.24) is 0 Å². The maximum atomic E-state index is 13.2. The molecule has 29 heavy (non-hydrogen) atoms. The Balaban J connectivity index is 1.52. The summed E-state index contributed by atoms with van der Waals surface area (Å²) in [7, 11) is 0. The fourth-order valence-electron chi connectivity index (χ4n) is 3.64. The van der Waals surface area contributed by atoms with Gasteiger partial charge in [0.2, 0.25) is 5.91 Å². The van der Waals surface area contributed by atoms with Crippen LogP contribution in [0.25, 0.3) is 0 Å². The Hall–Kier alpha value is -3.60. The van der Waals surface area contributed by atoms with E-state index in [0.29, 0.717) is 11.3 Å². The van der Waals surface area contributed by atoms with Gasteiger partial charge in [0.1, 0.15) is 6.61 Å². The highest BCUT2D eigenvalue weighted by Gasteiger charge is 2.25. The van der Waals surface area contributed by atoms with E-state index in [9.17, 15) is 9.59 Å². The lowest BCUT2D eigenvalue weighted by molar-refractivity contribution is -0.118. The van der Waals surface area contributed by atoms with Crippen LogP contribution in [0.4, 0.5) is 17.1 Å². The fraction of sp³-hybridized carbons (Fsp3) is 0.167. The largest absolute Gasteiger partial charge is 0.462 e. The zero-order valence-electron chi connectivity index (χ0n) is 16.0. The molecule has 0 saturated heterocycles. The monoisotopic (exact) mass is 386 g/mol. The van der Waals surface area contributed by atoms with Crippen LogP contribution < -0.4 is 10.6 Å². The molecule has 0 aliphatic carbocycles. The van der Waals surface area contributed by atoms with Gasteiger partial charge >= 0.3 is 5.97 Å². The van der Waals surface area contributed by atoms with E-state index in [0.717, 1.165) is 35.3 Å². The molecule has 0 aromatic heterocycles. The van der Waals surface area contributed by atoms with E-state index < -0.39 is 5.97 Å². The summed E-state index contributed by atoms with van der Waals surface area (Å²) in [6.07, 6.45) is 1.85. The first-order chi connectivity index (χ1) is 14.1. The molecule has 4 rings (SSSR count). The number of nitrogen functional groups attached to an aromatic ring is 1. The van der Waals surface area contributed by atoms with Crippen LogP contribution in [0.3, 0.4) is 0 Å². The van der Waals surface area contributed by atoms with Crippen molar-refractivity contribution in [2.45, 2.75) is 19.3 Å². The lowest BCUT2D eigenvalue weighted by atomic mass is 10.0. The molecule has 2 N–H and O–H groups in total. The summed E-state index contributed by atoms with van der Waals surface area (Å²) >= 11 is 0. The van der Waals surface area contributed by atoms with Gasteiger partial charge in [-0.2, -0.15) is 0 Å². The molecular formula is C24H22N2O3. The number of anilines is 3. The van der Waals surface area contributed by atoms with Crippen molar-refractivity contribution in [2.24, 2.45) is 0 Å². The predicted molar refractivity (Wildman–Crippen MR) is 113 cm³/mol. The molecule has 146 valence electrons. The molecule has 1 amide bonds. The van der Waals surface area contributed by atoms with Crippen molar-refractivity contribution in [2.75, 3.05) is 17.2 Å². The van der Waals surface area contributed by atoms with E-state index in [1.165, 1.54) is 0 Å². The Morgan fingerprint density at radius 2 is 1.48 bits per heavy atom. The van der Waals surface area contributed by atoms with Gasteiger partial charge in [-0.05, 0) is 54.3 Å². The van der Waals surface area contributed by atoms with Crippen LogP contribution in [0.1, 0.15) is 27.9 Å². The van der Waals surface area contributed by atoms with Crippen molar-refractivity contribution in [3.63, 3.8) is 0 Å². The first kappa shape index (κ1) is 18.7. The molecule has 5 heteroatoms. The number of fused-ring (bicyclic) bond motifs is 2. The van der Waals surface area contributed by atoms with Gasteiger partial charge in [-0.3, -0.25) is 9.69 Å². The van der Waals surface area contributed by atoms with Crippen LogP contribution in [0.2, 0.25) is 0 Å². The van der Waals surface area contributed by atoms with Crippen molar-refractivity contribution in [3.05, 3.63) is 89.5 Å². The van der Waals surface area contributed by atoms with E-state index >= 15 is 0 Å². The second-order valence-electron chi connectivity index (χ2n) is 7.00. The average molecular weight is 386 g/mol. The van der Waals surface area contributed by atoms with Gasteiger partial charge in [0.25, 0.3) is 0 Å². The number of esters is 1. The Morgan fingerprint density at radius 3 is 2.10 bits per heavy atom. The lowest BCUT2D eigenvalue weighted by Crippen LogP contribution is -2.28. The molecule has 0 radical (unpaired) electrons. The molecule has 1 heterocycles. The number of nitrogens with zero attached hydrogens (tertiary/aromatic N) is 1. The molecule has 0 saturated carbocycles. The van der Waals surface area contributed by atoms with Gasteiger partial charge in [-0.15, -0.1) is 0 Å². The third kappa shape index (κ3) is 3.99. The Labute approximate surface area is 169 Å². The van der Waals surface area contributed by atoms with Crippen molar-refractivity contribution >= 4 is 28.9 Å². The third-order valence-electron chi connectivity index (χ3n) is 5.05. The Bertz CT molecular complexity index is 1010. The summed E-state index contributed by atoms with van der Waals surface area (Å²) < 4.78 is 5.31. The SMILES string of the molecule is Nc1cccc(C(=O)OCCC(=O)N2c3ccccc3CCc3ccccc32)c1. The molecule has 0 atom stereocenters.